The minimum atomic E-state index is -0.103. The quantitative estimate of drug-likeness (QED) is 0.0493. The molecule has 0 aromatic heterocycles. The van der Waals surface area contributed by atoms with Gasteiger partial charge < -0.3 is 19.4 Å². The van der Waals surface area contributed by atoms with Crippen molar-refractivity contribution in [3.05, 3.63) is 0 Å². The molecule has 1 saturated heterocycles. The van der Waals surface area contributed by atoms with E-state index >= 15 is 0 Å². The highest BCUT2D eigenvalue weighted by Gasteiger charge is 2.22. The van der Waals surface area contributed by atoms with Gasteiger partial charge in [-0.05, 0) is 45.3 Å². The molecule has 0 spiro atoms. The summed E-state index contributed by atoms with van der Waals surface area (Å²) in [6, 6.07) is 0. The second-order valence-electron chi connectivity index (χ2n) is 13.0. The van der Waals surface area contributed by atoms with Crippen LogP contribution in [0.3, 0.4) is 0 Å². The molecule has 0 aromatic rings. The number of piperazine rings is 1. The number of nitrogens with zero attached hydrogens (tertiary/aromatic N) is 4. The minimum absolute atomic E-state index is 0.103. The molecule has 0 unspecified atom stereocenters. The van der Waals surface area contributed by atoms with Crippen LogP contribution >= 0.6 is 0 Å². The van der Waals surface area contributed by atoms with Crippen molar-refractivity contribution in [2.75, 3.05) is 72.6 Å². The number of hydrogen-bond donors (Lipinski definition) is 0. The molecule has 1 aliphatic rings. The van der Waals surface area contributed by atoms with Crippen molar-refractivity contribution in [3.63, 3.8) is 0 Å². The van der Waals surface area contributed by atoms with Gasteiger partial charge in [-0.1, -0.05) is 110 Å². The fraction of sp³-hybridized carbons (Fsp3) is 0.917. The summed E-state index contributed by atoms with van der Waals surface area (Å²) in [6.45, 7) is 12.8. The molecule has 258 valence electrons. The third-order valence-corrected chi connectivity index (χ3v) is 9.15. The number of carbonyl (C=O) groups is 3. The average molecular weight is 623 g/mol. The van der Waals surface area contributed by atoms with Crippen LogP contribution in [0.25, 0.3) is 0 Å². The largest absolute Gasteiger partial charge is 0.469 e. The molecule has 0 aliphatic carbocycles. The molecular formula is C36H70N4O4. The van der Waals surface area contributed by atoms with Crippen molar-refractivity contribution in [1.29, 1.82) is 0 Å². The van der Waals surface area contributed by atoms with Crippen molar-refractivity contribution in [2.24, 2.45) is 0 Å². The van der Waals surface area contributed by atoms with Crippen LogP contribution in [-0.2, 0) is 19.1 Å². The Labute approximate surface area is 271 Å². The second kappa shape index (κ2) is 28.8. The Kier molecular flexibility index (Phi) is 26.4. The van der Waals surface area contributed by atoms with E-state index in [9.17, 15) is 14.4 Å². The van der Waals surface area contributed by atoms with Crippen LogP contribution in [0, 0.1) is 0 Å². The van der Waals surface area contributed by atoms with Gasteiger partial charge in [0.2, 0.25) is 12.3 Å². The fourth-order valence-corrected chi connectivity index (χ4v) is 6.08. The highest BCUT2D eigenvalue weighted by atomic mass is 16.5. The number of carbonyl (C=O) groups excluding carboxylic acids is 3. The standard InChI is InChI=1S/C36H70N4O4/c1-4-6-8-10-12-16-20-24-37(25-21-18-14-15-19-23-36(43)44-3)27-28-38(26-22-17-13-11-9-7-5-2)33-35(42)40-31-29-39(34-41)30-32-40/h34H,4-33H2,1-3H3. The first-order valence-corrected chi connectivity index (χ1v) is 18.5. The maximum Gasteiger partial charge on any atom is 0.305 e. The first-order chi connectivity index (χ1) is 21.5. The van der Waals surface area contributed by atoms with Crippen LogP contribution in [0.4, 0.5) is 0 Å². The van der Waals surface area contributed by atoms with E-state index in [0.717, 1.165) is 58.4 Å². The molecule has 0 aromatic carbocycles. The Morgan fingerprint density at radius 1 is 0.591 bits per heavy atom. The zero-order valence-electron chi connectivity index (χ0n) is 29.2. The SMILES string of the molecule is CCCCCCCCCN(CCCCCCCC(=O)OC)CCN(CCCCCCCCC)CC(=O)N1CCN(C=O)CC1. The fourth-order valence-electron chi connectivity index (χ4n) is 6.08. The van der Waals surface area contributed by atoms with E-state index in [4.69, 9.17) is 4.74 Å². The molecule has 0 saturated carbocycles. The zero-order chi connectivity index (χ0) is 32.1. The van der Waals surface area contributed by atoms with Crippen LogP contribution in [-0.4, -0.2) is 110 Å². The molecule has 8 heteroatoms. The van der Waals surface area contributed by atoms with Crippen LogP contribution in [0.2, 0.25) is 0 Å². The lowest BCUT2D eigenvalue weighted by molar-refractivity contribution is -0.140. The van der Waals surface area contributed by atoms with Gasteiger partial charge in [0.05, 0.1) is 13.7 Å². The first-order valence-electron chi connectivity index (χ1n) is 18.5. The summed E-state index contributed by atoms with van der Waals surface area (Å²) in [7, 11) is 1.46. The van der Waals surface area contributed by atoms with Crippen LogP contribution in [0.15, 0.2) is 0 Å². The van der Waals surface area contributed by atoms with E-state index in [0.29, 0.717) is 39.1 Å². The topological polar surface area (TPSA) is 73.4 Å². The molecule has 0 bridgehead atoms. The van der Waals surface area contributed by atoms with Crippen molar-refractivity contribution in [2.45, 2.75) is 142 Å². The van der Waals surface area contributed by atoms with Crippen molar-refractivity contribution < 1.29 is 19.1 Å². The molecule has 1 fully saturated rings. The zero-order valence-corrected chi connectivity index (χ0v) is 29.2. The Balaban J connectivity index is 2.61. The maximum atomic E-state index is 13.3. The number of rotatable bonds is 30. The minimum Gasteiger partial charge on any atom is -0.469 e. The van der Waals surface area contributed by atoms with Gasteiger partial charge in [0.15, 0.2) is 0 Å². The molecule has 1 aliphatic heterocycles. The summed E-state index contributed by atoms with van der Waals surface area (Å²) in [6.07, 6.45) is 25.2. The van der Waals surface area contributed by atoms with Gasteiger partial charge in [0, 0.05) is 45.7 Å². The average Bonchev–Trinajstić information content (AvgIpc) is 3.04. The van der Waals surface area contributed by atoms with Crippen molar-refractivity contribution >= 4 is 18.3 Å². The van der Waals surface area contributed by atoms with Gasteiger partial charge in [-0.15, -0.1) is 0 Å². The molecule has 1 heterocycles. The molecule has 0 radical (unpaired) electrons. The molecular weight excluding hydrogens is 552 g/mol. The van der Waals surface area contributed by atoms with E-state index in [1.165, 1.54) is 110 Å². The monoisotopic (exact) mass is 623 g/mol. The summed E-state index contributed by atoms with van der Waals surface area (Å²) in [4.78, 5) is 44.5. The lowest BCUT2D eigenvalue weighted by Gasteiger charge is -2.34. The number of hydrogen-bond acceptors (Lipinski definition) is 6. The van der Waals surface area contributed by atoms with Gasteiger partial charge in [0.25, 0.3) is 0 Å². The number of unbranched alkanes of at least 4 members (excludes halogenated alkanes) is 16. The Morgan fingerprint density at radius 3 is 1.50 bits per heavy atom. The number of methoxy groups -OCH3 is 1. The van der Waals surface area contributed by atoms with Gasteiger partial charge in [-0.2, -0.15) is 0 Å². The van der Waals surface area contributed by atoms with Crippen molar-refractivity contribution in [1.82, 2.24) is 19.6 Å². The summed E-state index contributed by atoms with van der Waals surface area (Å²) in [5, 5.41) is 0. The van der Waals surface area contributed by atoms with Gasteiger partial charge >= 0.3 is 5.97 Å². The lowest BCUT2D eigenvalue weighted by Crippen LogP contribution is -2.51. The Morgan fingerprint density at radius 2 is 1.02 bits per heavy atom. The second-order valence-corrected chi connectivity index (χ2v) is 13.0. The highest BCUT2D eigenvalue weighted by molar-refractivity contribution is 5.78. The smallest absolute Gasteiger partial charge is 0.305 e. The normalized spacial score (nSPS) is 13.7. The van der Waals surface area contributed by atoms with E-state index in [-0.39, 0.29) is 11.9 Å². The summed E-state index contributed by atoms with van der Waals surface area (Å²) >= 11 is 0. The van der Waals surface area contributed by atoms with Gasteiger partial charge in [-0.25, -0.2) is 0 Å². The molecule has 8 nitrogen and oxygen atoms in total. The van der Waals surface area contributed by atoms with Gasteiger partial charge in [-0.3, -0.25) is 19.3 Å². The van der Waals surface area contributed by atoms with Crippen LogP contribution < -0.4 is 0 Å². The third-order valence-electron chi connectivity index (χ3n) is 9.15. The molecule has 0 atom stereocenters. The van der Waals surface area contributed by atoms with E-state index in [1.54, 1.807) is 4.90 Å². The Bertz CT molecular complexity index is 700. The number of esters is 1. The molecule has 44 heavy (non-hydrogen) atoms. The van der Waals surface area contributed by atoms with E-state index < -0.39 is 0 Å². The predicted molar refractivity (Wildman–Crippen MR) is 183 cm³/mol. The summed E-state index contributed by atoms with van der Waals surface area (Å²) < 4.78 is 4.76. The van der Waals surface area contributed by atoms with Crippen LogP contribution in [0.5, 0.6) is 0 Å². The molecule has 0 N–H and O–H groups in total. The van der Waals surface area contributed by atoms with Gasteiger partial charge in [0.1, 0.15) is 0 Å². The van der Waals surface area contributed by atoms with Crippen molar-refractivity contribution in [3.8, 4) is 0 Å². The first kappa shape index (κ1) is 40.4. The van der Waals surface area contributed by atoms with E-state index in [1.807, 2.05) is 4.90 Å². The summed E-state index contributed by atoms with van der Waals surface area (Å²) in [5.74, 6) is 0.109. The lowest BCUT2D eigenvalue weighted by atomic mass is 10.1. The highest BCUT2D eigenvalue weighted by Crippen LogP contribution is 2.12. The number of amides is 2. The Hall–Kier alpha value is -1.67. The molecule has 1 rings (SSSR count). The predicted octanol–water partition coefficient (Wildman–Crippen LogP) is 6.91. The van der Waals surface area contributed by atoms with Crippen LogP contribution in [0.1, 0.15) is 142 Å². The summed E-state index contributed by atoms with van der Waals surface area (Å²) in [5.41, 5.74) is 0. The number of ether oxygens (including phenoxy) is 1. The van der Waals surface area contributed by atoms with E-state index in [2.05, 4.69) is 23.6 Å². The maximum absolute atomic E-state index is 13.3. The third kappa shape index (κ3) is 21.9. The molecule has 2 amide bonds.